The third-order valence-electron chi connectivity index (χ3n) is 12.5. The Morgan fingerprint density at radius 2 is 1.17 bits per heavy atom. The SMILES string of the molecule is COc1ccc(C2(C#N)CCC(=O)CC2)c2c3cc(NS(C)(=O)=O)ccc3n(C)c12.COc1ccc(C2(C#N)CCc3ncncc3C2)c2c3cc(NS(C)(=O)=O)ccc3n(C)c12. The molecule has 0 radical (unpaired) electrons. The van der Waals surface area contributed by atoms with Gasteiger partial charge in [-0.1, -0.05) is 12.1 Å². The van der Waals surface area contributed by atoms with Gasteiger partial charge in [0.25, 0.3) is 0 Å². The summed E-state index contributed by atoms with van der Waals surface area (Å²) in [6.07, 6.45) is 9.12. The maximum atomic E-state index is 11.9. The topological polar surface area (TPSA) is 211 Å². The summed E-state index contributed by atoms with van der Waals surface area (Å²) in [6, 6.07) is 23.6. The number of rotatable bonds is 8. The molecular weight excluding hydrogens is 841 g/mol. The van der Waals surface area contributed by atoms with Gasteiger partial charge in [-0.05, 0) is 97.3 Å². The monoisotopic (exact) mass is 886 g/mol. The van der Waals surface area contributed by atoms with Crippen LogP contribution in [0.15, 0.2) is 73.2 Å². The molecule has 63 heavy (non-hydrogen) atoms. The van der Waals surface area contributed by atoms with Gasteiger partial charge in [-0.2, -0.15) is 10.5 Å². The number of carbonyl (C=O) groups excluding carboxylic acids is 1. The molecular formula is C46H46N8O7S2. The summed E-state index contributed by atoms with van der Waals surface area (Å²) < 4.78 is 67.6. The Labute approximate surface area is 365 Å². The van der Waals surface area contributed by atoms with E-state index in [0.29, 0.717) is 67.8 Å². The van der Waals surface area contributed by atoms with Crippen molar-refractivity contribution in [3.8, 4) is 23.6 Å². The van der Waals surface area contributed by atoms with Crippen LogP contribution in [0.3, 0.4) is 0 Å². The van der Waals surface area contributed by atoms with E-state index in [1.54, 1.807) is 44.9 Å². The molecule has 1 unspecified atom stereocenters. The fraction of sp³-hybridized carbons (Fsp3) is 0.326. The highest BCUT2D eigenvalue weighted by Crippen LogP contribution is 2.48. The molecule has 1 saturated carbocycles. The summed E-state index contributed by atoms with van der Waals surface area (Å²) >= 11 is 0. The number of nitriles is 2. The smallest absolute Gasteiger partial charge is 0.229 e. The van der Waals surface area contributed by atoms with Gasteiger partial charge in [0.05, 0.1) is 60.7 Å². The number of anilines is 2. The van der Waals surface area contributed by atoms with Gasteiger partial charge in [0, 0.05) is 82.8 Å². The van der Waals surface area contributed by atoms with E-state index in [1.165, 1.54) is 0 Å². The van der Waals surface area contributed by atoms with Gasteiger partial charge >= 0.3 is 0 Å². The summed E-state index contributed by atoms with van der Waals surface area (Å²) in [5, 5.41) is 24.1. The molecule has 15 nitrogen and oxygen atoms in total. The van der Waals surface area contributed by atoms with E-state index in [4.69, 9.17) is 9.47 Å². The summed E-state index contributed by atoms with van der Waals surface area (Å²) in [5.74, 6) is 1.55. The number of sulfonamides is 2. The third kappa shape index (κ3) is 7.65. The number of fused-ring (bicyclic) bond motifs is 7. The van der Waals surface area contributed by atoms with Gasteiger partial charge in [-0.3, -0.25) is 14.2 Å². The number of benzene rings is 4. The van der Waals surface area contributed by atoms with Gasteiger partial charge in [-0.25, -0.2) is 26.8 Å². The average Bonchev–Trinajstić information content (AvgIpc) is 3.72. The molecule has 3 heterocycles. The maximum Gasteiger partial charge on any atom is 0.229 e. The Bertz CT molecular complexity index is 3330. The van der Waals surface area contributed by atoms with Crippen LogP contribution in [0.2, 0.25) is 0 Å². The second kappa shape index (κ2) is 15.9. The summed E-state index contributed by atoms with van der Waals surface area (Å²) in [7, 11) is 0.227. The second-order valence-corrected chi connectivity index (χ2v) is 20.0. The van der Waals surface area contributed by atoms with E-state index in [-0.39, 0.29) is 5.78 Å². The van der Waals surface area contributed by atoms with E-state index in [2.05, 4.69) is 31.6 Å². The molecule has 324 valence electrons. The number of ketones is 1. The summed E-state index contributed by atoms with van der Waals surface area (Å²) in [4.78, 5) is 20.4. The van der Waals surface area contributed by atoms with E-state index < -0.39 is 30.9 Å². The van der Waals surface area contributed by atoms with Crippen LogP contribution in [-0.4, -0.2) is 68.5 Å². The molecule has 0 bridgehead atoms. The Morgan fingerprint density at radius 3 is 1.63 bits per heavy atom. The first-order valence-corrected chi connectivity index (χ1v) is 24.0. The predicted octanol–water partition coefficient (Wildman–Crippen LogP) is 7.07. The molecule has 3 aromatic heterocycles. The molecule has 9 rings (SSSR count). The van der Waals surface area contributed by atoms with E-state index in [1.807, 2.05) is 65.7 Å². The number of hydrogen-bond acceptors (Lipinski definition) is 11. The van der Waals surface area contributed by atoms with Crippen molar-refractivity contribution >= 4 is 80.8 Å². The molecule has 4 aromatic carbocycles. The van der Waals surface area contributed by atoms with Gasteiger partial charge < -0.3 is 18.6 Å². The van der Waals surface area contributed by atoms with Crippen LogP contribution in [0, 0.1) is 22.7 Å². The first kappa shape index (κ1) is 43.0. The maximum absolute atomic E-state index is 11.9. The Balaban J connectivity index is 0.000000174. The van der Waals surface area contributed by atoms with Crippen LogP contribution in [0.4, 0.5) is 11.4 Å². The van der Waals surface area contributed by atoms with Crippen molar-refractivity contribution in [1.29, 1.82) is 10.5 Å². The van der Waals surface area contributed by atoms with Crippen molar-refractivity contribution < 1.29 is 31.1 Å². The lowest BCUT2D eigenvalue weighted by Gasteiger charge is -2.32. The van der Waals surface area contributed by atoms with Crippen molar-refractivity contribution in [2.75, 3.05) is 36.2 Å². The van der Waals surface area contributed by atoms with Gasteiger partial charge in [0.1, 0.15) is 23.6 Å². The highest BCUT2D eigenvalue weighted by atomic mass is 32.2. The highest BCUT2D eigenvalue weighted by molar-refractivity contribution is 7.92. The zero-order chi connectivity index (χ0) is 45.1. The fourth-order valence-electron chi connectivity index (χ4n) is 9.62. The Morgan fingerprint density at radius 1 is 0.698 bits per heavy atom. The van der Waals surface area contributed by atoms with Gasteiger partial charge in [0.15, 0.2) is 0 Å². The molecule has 2 aliphatic rings. The number of nitrogens with one attached hydrogen (secondary N) is 2. The number of Topliss-reactive ketones (excluding diaryl/α,β-unsaturated/α-hetero) is 1. The summed E-state index contributed by atoms with van der Waals surface area (Å²) in [6.45, 7) is 0. The first-order chi connectivity index (χ1) is 29.9. The lowest BCUT2D eigenvalue weighted by Crippen LogP contribution is -2.32. The molecule has 2 aliphatic carbocycles. The number of hydrogen-bond donors (Lipinski definition) is 2. The fourth-order valence-corrected chi connectivity index (χ4v) is 10.7. The molecule has 2 N–H and O–H groups in total. The Kier molecular flexibility index (Phi) is 10.8. The number of carbonyl (C=O) groups is 1. The minimum absolute atomic E-state index is 0.184. The van der Waals surface area contributed by atoms with Crippen LogP contribution < -0.4 is 18.9 Å². The number of ether oxygens (including phenoxy) is 2. The van der Waals surface area contributed by atoms with Crippen molar-refractivity contribution in [2.45, 2.75) is 55.8 Å². The number of methoxy groups -OCH3 is 2. The quantitative estimate of drug-likeness (QED) is 0.158. The van der Waals surface area contributed by atoms with Crippen LogP contribution in [0.25, 0.3) is 43.6 Å². The summed E-state index contributed by atoms with van der Waals surface area (Å²) in [5.41, 5.74) is 6.64. The molecule has 1 atom stereocenters. The molecule has 0 spiro atoms. The third-order valence-corrected chi connectivity index (χ3v) is 13.7. The minimum Gasteiger partial charge on any atom is -0.495 e. The standard InChI is InChI=1S/C24H23N5O3S.C22H23N3O4S/c1-29-20-6-4-16(28-33(3,30)31)10-17(20)22-18(5-7-21(32-2)23(22)29)24(13-25)9-8-19-15(11-24)12-26-14-27-19;1-25-18-6-4-14(24-30(3,27)28)12-16(18)20-17(5-7-19(29-2)21(20)25)22(13-23)10-8-15(26)9-11-22/h4-7,10,12,14,28H,8-9,11H2,1-3H3;4-7,12,24H,8-11H2,1-3H3. The molecule has 17 heteroatoms. The Hall–Kier alpha value is -6.69. The zero-order valence-corrected chi connectivity index (χ0v) is 37.4. The van der Waals surface area contributed by atoms with Crippen molar-refractivity contribution in [3.05, 3.63) is 95.6 Å². The normalized spacial score (nSPS) is 17.4. The van der Waals surface area contributed by atoms with Crippen molar-refractivity contribution in [1.82, 2.24) is 19.1 Å². The number of nitrogens with zero attached hydrogens (tertiary/aromatic N) is 6. The van der Waals surface area contributed by atoms with Crippen LogP contribution in [0.1, 0.15) is 54.5 Å². The number of aromatic nitrogens is 4. The van der Waals surface area contributed by atoms with Crippen LogP contribution >= 0.6 is 0 Å². The average molecular weight is 887 g/mol. The molecule has 0 amide bonds. The first-order valence-electron chi connectivity index (χ1n) is 20.2. The van der Waals surface area contributed by atoms with E-state index in [0.717, 1.165) is 78.5 Å². The van der Waals surface area contributed by atoms with Crippen molar-refractivity contribution in [2.24, 2.45) is 14.1 Å². The number of aryl methyl sites for hydroxylation is 3. The lowest BCUT2D eigenvalue weighted by molar-refractivity contribution is -0.120. The minimum atomic E-state index is -3.43. The van der Waals surface area contributed by atoms with E-state index >= 15 is 0 Å². The van der Waals surface area contributed by atoms with E-state index in [9.17, 15) is 32.2 Å². The zero-order valence-electron chi connectivity index (χ0n) is 35.7. The van der Waals surface area contributed by atoms with Crippen molar-refractivity contribution in [3.63, 3.8) is 0 Å². The highest BCUT2D eigenvalue weighted by Gasteiger charge is 2.41. The largest absolute Gasteiger partial charge is 0.495 e. The van der Waals surface area contributed by atoms with Gasteiger partial charge in [-0.15, -0.1) is 0 Å². The van der Waals surface area contributed by atoms with Gasteiger partial charge in [0.2, 0.25) is 20.0 Å². The lowest BCUT2D eigenvalue weighted by atomic mass is 9.68. The predicted molar refractivity (Wildman–Crippen MR) is 243 cm³/mol. The van der Waals surface area contributed by atoms with Crippen LogP contribution in [-0.2, 0) is 62.6 Å². The molecule has 0 aliphatic heterocycles. The molecule has 0 saturated heterocycles. The second-order valence-electron chi connectivity index (χ2n) is 16.5. The molecule has 7 aromatic rings. The molecule has 1 fully saturated rings. The van der Waals surface area contributed by atoms with Crippen LogP contribution in [0.5, 0.6) is 11.5 Å².